The maximum absolute atomic E-state index is 11.9. The van der Waals surface area contributed by atoms with Crippen LogP contribution in [0.15, 0.2) is 24.3 Å². The van der Waals surface area contributed by atoms with E-state index >= 15 is 0 Å². The second kappa shape index (κ2) is 7.05. The Morgan fingerprint density at radius 1 is 1.25 bits per heavy atom. The van der Waals surface area contributed by atoms with Gasteiger partial charge in [0.15, 0.2) is 5.78 Å². The molecule has 1 aromatic rings. The van der Waals surface area contributed by atoms with Crippen LogP contribution in [0.3, 0.4) is 0 Å². The van der Waals surface area contributed by atoms with Crippen LogP contribution in [-0.4, -0.2) is 30.9 Å². The second-order valence-electron chi connectivity index (χ2n) is 4.98. The first-order chi connectivity index (χ1) is 9.65. The van der Waals surface area contributed by atoms with Gasteiger partial charge in [-0.15, -0.1) is 0 Å². The lowest BCUT2D eigenvalue weighted by Gasteiger charge is -2.10. The summed E-state index contributed by atoms with van der Waals surface area (Å²) in [7, 11) is 0. The van der Waals surface area contributed by atoms with Gasteiger partial charge in [-0.1, -0.05) is 0 Å². The highest BCUT2D eigenvalue weighted by Crippen LogP contribution is 2.11. The van der Waals surface area contributed by atoms with Gasteiger partial charge in [0, 0.05) is 37.2 Å². The van der Waals surface area contributed by atoms with Crippen LogP contribution in [-0.2, 0) is 9.53 Å². The Labute approximate surface area is 118 Å². The van der Waals surface area contributed by atoms with Gasteiger partial charge in [-0.05, 0) is 37.1 Å². The Balaban J connectivity index is 1.69. The first-order valence-corrected chi connectivity index (χ1v) is 6.92. The van der Waals surface area contributed by atoms with Crippen LogP contribution in [0, 0.1) is 0 Å². The molecule has 0 aliphatic carbocycles. The third-order valence-electron chi connectivity index (χ3n) is 3.36. The number of nitrogens with two attached hydrogens (primary N) is 1. The van der Waals surface area contributed by atoms with Gasteiger partial charge in [0.1, 0.15) is 0 Å². The van der Waals surface area contributed by atoms with Crippen LogP contribution < -0.4 is 11.1 Å². The topological polar surface area (TPSA) is 81.4 Å². The molecule has 5 nitrogen and oxygen atoms in total. The maximum atomic E-state index is 11.9. The molecule has 1 heterocycles. The van der Waals surface area contributed by atoms with Crippen LogP contribution >= 0.6 is 0 Å². The van der Waals surface area contributed by atoms with Crippen LogP contribution in [0.25, 0.3) is 0 Å². The van der Waals surface area contributed by atoms with Crippen molar-refractivity contribution in [2.75, 3.05) is 18.9 Å². The SMILES string of the molecule is Nc1ccc(C(=O)CCC(=O)NCC2CCCO2)cc1. The summed E-state index contributed by atoms with van der Waals surface area (Å²) in [6, 6.07) is 6.74. The molecule has 0 bridgehead atoms. The van der Waals surface area contributed by atoms with Gasteiger partial charge >= 0.3 is 0 Å². The minimum atomic E-state index is -0.107. The zero-order valence-corrected chi connectivity index (χ0v) is 11.4. The Morgan fingerprint density at radius 2 is 2.00 bits per heavy atom. The van der Waals surface area contributed by atoms with E-state index in [9.17, 15) is 9.59 Å². The third kappa shape index (κ3) is 4.35. The van der Waals surface area contributed by atoms with Crippen molar-refractivity contribution in [3.05, 3.63) is 29.8 Å². The number of ketones is 1. The maximum Gasteiger partial charge on any atom is 0.220 e. The lowest BCUT2D eigenvalue weighted by molar-refractivity contribution is -0.121. The molecular formula is C15H20N2O3. The summed E-state index contributed by atoms with van der Waals surface area (Å²) in [5, 5.41) is 2.80. The normalized spacial score (nSPS) is 17.9. The predicted molar refractivity (Wildman–Crippen MR) is 76.4 cm³/mol. The Hall–Kier alpha value is -1.88. The van der Waals surface area contributed by atoms with Gasteiger partial charge in [0.2, 0.25) is 5.91 Å². The average molecular weight is 276 g/mol. The molecule has 2 rings (SSSR count). The van der Waals surface area contributed by atoms with E-state index in [1.165, 1.54) is 0 Å². The molecule has 0 spiro atoms. The van der Waals surface area contributed by atoms with Crippen molar-refractivity contribution in [1.82, 2.24) is 5.32 Å². The lowest BCUT2D eigenvalue weighted by Crippen LogP contribution is -2.31. The van der Waals surface area contributed by atoms with E-state index in [0.717, 1.165) is 19.4 Å². The number of benzene rings is 1. The predicted octanol–water partition coefficient (Wildman–Crippen LogP) is 1.53. The number of hydrogen-bond acceptors (Lipinski definition) is 4. The Morgan fingerprint density at radius 3 is 2.65 bits per heavy atom. The van der Waals surface area contributed by atoms with Crippen molar-refractivity contribution in [2.24, 2.45) is 0 Å². The van der Waals surface area contributed by atoms with Crippen LogP contribution in [0.4, 0.5) is 5.69 Å². The van der Waals surface area contributed by atoms with Gasteiger partial charge in [0.05, 0.1) is 6.10 Å². The fourth-order valence-electron chi connectivity index (χ4n) is 2.16. The number of hydrogen-bond donors (Lipinski definition) is 2. The molecule has 5 heteroatoms. The van der Waals surface area contributed by atoms with E-state index < -0.39 is 0 Å². The molecule has 3 N–H and O–H groups in total. The molecule has 0 saturated carbocycles. The smallest absolute Gasteiger partial charge is 0.220 e. The summed E-state index contributed by atoms with van der Waals surface area (Å²) >= 11 is 0. The molecule has 20 heavy (non-hydrogen) atoms. The molecule has 1 saturated heterocycles. The number of ether oxygens (including phenoxy) is 1. The molecular weight excluding hydrogens is 256 g/mol. The first-order valence-electron chi connectivity index (χ1n) is 6.92. The third-order valence-corrected chi connectivity index (χ3v) is 3.36. The van der Waals surface area contributed by atoms with Crippen molar-refractivity contribution in [2.45, 2.75) is 31.8 Å². The van der Waals surface area contributed by atoms with Crippen molar-refractivity contribution >= 4 is 17.4 Å². The van der Waals surface area contributed by atoms with Crippen LogP contribution in [0.1, 0.15) is 36.0 Å². The molecule has 0 radical (unpaired) electrons. The van der Waals surface area contributed by atoms with Crippen LogP contribution in [0.2, 0.25) is 0 Å². The van der Waals surface area contributed by atoms with E-state index in [4.69, 9.17) is 10.5 Å². The highest BCUT2D eigenvalue weighted by atomic mass is 16.5. The molecule has 1 unspecified atom stereocenters. The molecule has 0 aromatic heterocycles. The Kier molecular flexibility index (Phi) is 5.12. The lowest BCUT2D eigenvalue weighted by atomic mass is 10.1. The van der Waals surface area contributed by atoms with E-state index in [0.29, 0.717) is 17.8 Å². The summed E-state index contributed by atoms with van der Waals surface area (Å²) in [5.74, 6) is -0.151. The van der Waals surface area contributed by atoms with Crippen molar-refractivity contribution in [1.29, 1.82) is 0 Å². The minimum Gasteiger partial charge on any atom is -0.399 e. The van der Waals surface area contributed by atoms with Gasteiger partial charge in [-0.3, -0.25) is 9.59 Å². The zero-order valence-electron chi connectivity index (χ0n) is 11.4. The van der Waals surface area contributed by atoms with Gasteiger partial charge in [-0.2, -0.15) is 0 Å². The van der Waals surface area contributed by atoms with E-state index in [-0.39, 0.29) is 30.6 Å². The van der Waals surface area contributed by atoms with Gasteiger partial charge in [-0.25, -0.2) is 0 Å². The summed E-state index contributed by atoms with van der Waals surface area (Å²) in [5.41, 5.74) is 6.77. The minimum absolute atomic E-state index is 0.0442. The number of rotatable bonds is 6. The number of carbonyl (C=O) groups is 2. The zero-order chi connectivity index (χ0) is 14.4. The largest absolute Gasteiger partial charge is 0.399 e. The van der Waals surface area contributed by atoms with Crippen molar-refractivity contribution in [3.8, 4) is 0 Å². The van der Waals surface area contributed by atoms with Crippen LogP contribution in [0.5, 0.6) is 0 Å². The number of nitrogen functional groups attached to an aromatic ring is 1. The first kappa shape index (κ1) is 14.5. The fraction of sp³-hybridized carbons (Fsp3) is 0.467. The number of carbonyl (C=O) groups excluding carboxylic acids is 2. The number of amides is 1. The quantitative estimate of drug-likeness (QED) is 0.610. The molecule has 1 aliphatic rings. The highest BCUT2D eigenvalue weighted by molar-refractivity contribution is 5.98. The summed E-state index contributed by atoms with van der Waals surface area (Å²) < 4.78 is 5.42. The summed E-state index contributed by atoms with van der Waals surface area (Å²) in [6.45, 7) is 1.31. The second-order valence-corrected chi connectivity index (χ2v) is 4.98. The number of nitrogens with one attached hydrogen (secondary N) is 1. The van der Waals surface area contributed by atoms with Gasteiger partial charge < -0.3 is 15.8 Å². The van der Waals surface area contributed by atoms with E-state index in [2.05, 4.69) is 5.32 Å². The molecule has 1 atom stereocenters. The summed E-state index contributed by atoms with van der Waals surface area (Å²) in [4.78, 5) is 23.5. The standard InChI is InChI=1S/C15H20N2O3/c16-12-5-3-11(4-6-12)14(18)7-8-15(19)17-10-13-2-1-9-20-13/h3-6,13H,1-2,7-10,16H2,(H,17,19). The molecule has 1 fully saturated rings. The fourth-order valence-corrected chi connectivity index (χ4v) is 2.16. The highest BCUT2D eigenvalue weighted by Gasteiger charge is 2.16. The van der Waals surface area contributed by atoms with E-state index in [1.54, 1.807) is 24.3 Å². The average Bonchev–Trinajstić information content (AvgIpc) is 2.96. The summed E-state index contributed by atoms with van der Waals surface area (Å²) in [6.07, 6.45) is 2.59. The molecule has 108 valence electrons. The van der Waals surface area contributed by atoms with Crippen molar-refractivity contribution < 1.29 is 14.3 Å². The molecule has 1 aliphatic heterocycles. The molecule has 1 aromatic carbocycles. The van der Waals surface area contributed by atoms with Gasteiger partial charge in [0.25, 0.3) is 0 Å². The number of Topliss-reactive ketones (excluding diaryl/α,β-unsaturated/α-hetero) is 1. The Bertz CT molecular complexity index is 465. The van der Waals surface area contributed by atoms with Crippen molar-refractivity contribution in [3.63, 3.8) is 0 Å². The number of anilines is 1. The monoisotopic (exact) mass is 276 g/mol. The van der Waals surface area contributed by atoms with E-state index in [1.807, 2.05) is 0 Å². The molecule has 1 amide bonds.